The minimum atomic E-state index is 0.781. The molecule has 3 N–H and O–H groups in total. The van der Waals surface area contributed by atoms with Gasteiger partial charge in [0.25, 0.3) is 0 Å². The first kappa shape index (κ1) is 7.80. The second kappa shape index (κ2) is 3.27. The summed E-state index contributed by atoms with van der Waals surface area (Å²) >= 11 is 0. The summed E-state index contributed by atoms with van der Waals surface area (Å²) in [6.07, 6.45) is 6.71. The van der Waals surface area contributed by atoms with Gasteiger partial charge in [0.05, 0.1) is 6.20 Å². The molecular weight excluding hydrogens is 150 g/mol. The minimum absolute atomic E-state index is 0.781. The van der Waals surface area contributed by atoms with E-state index in [2.05, 4.69) is 10.2 Å². The quantitative estimate of drug-likeness (QED) is 0.683. The smallest absolute Gasteiger partial charge is 0.0522 e. The van der Waals surface area contributed by atoms with Gasteiger partial charge in [-0.25, -0.2) is 0 Å². The van der Waals surface area contributed by atoms with Crippen molar-refractivity contribution in [2.75, 3.05) is 6.54 Å². The summed E-state index contributed by atoms with van der Waals surface area (Å²) < 4.78 is 0. The number of hydrogen-bond donors (Lipinski definition) is 2. The third-order valence-corrected chi connectivity index (χ3v) is 2.70. The Labute approximate surface area is 72.4 Å². The molecule has 3 nitrogen and oxygen atoms in total. The number of aryl methyl sites for hydroxylation is 1. The van der Waals surface area contributed by atoms with Crippen LogP contribution in [0.25, 0.3) is 0 Å². The van der Waals surface area contributed by atoms with E-state index in [1.54, 1.807) is 0 Å². The zero-order valence-electron chi connectivity index (χ0n) is 7.21. The second-order valence-electron chi connectivity index (χ2n) is 3.56. The van der Waals surface area contributed by atoms with E-state index in [4.69, 9.17) is 5.73 Å². The maximum absolute atomic E-state index is 5.53. The van der Waals surface area contributed by atoms with E-state index in [1.165, 1.54) is 24.1 Å². The molecule has 1 aliphatic rings. The van der Waals surface area contributed by atoms with Crippen LogP contribution in [0.2, 0.25) is 0 Å². The van der Waals surface area contributed by atoms with Gasteiger partial charge in [-0.05, 0) is 43.7 Å². The monoisotopic (exact) mass is 165 g/mol. The zero-order chi connectivity index (χ0) is 8.39. The highest BCUT2D eigenvalue weighted by molar-refractivity contribution is 5.19. The van der Waals surface area contributed by atoms with Crippen LogP contribution in [0.5, 0.6) is 0 Å². The number of nitrogens with two attached hydrogens (primary N) is 1. The third kappa shape index (κ3) is 1.37. The first-order valence-corrected chi connectivity index (χ1v) is 4.61. The molecule has 0 aromatic carbocycles. The van der Waals surface area contributed by atoms with Crippen molar-refractivity contribution in [2.24, 2.45) is 11.7 Å². The van der Waals surface area contributed by atoms with Gasteiger partial charge in [-0.2, -0.15) is 5.10 Å². The molecule has 0 saturated heterocycles. The molecule has 0 amide bonds. The van der Waals surface area contributed by atoms with Crippen molar-refractivity contribution in [2.45, 2.75) is 25.7 Å². The van der Waals surface area contributed by atoms with Gasteiger partial charge in [0, 0.05) is 5.69 Å². The average Bonchev–Trinajstić information content (AvgIpc) is 2.51. The van der Waals surface area contributed by atoms with E-state index < -0.39 is 0 Å². The summed E-state index contributed by atoms with van der Waals surface area (Å²) in [5.74, 6) is 0.781. The Morgan fingerprint density at radius 3 is 3.42 bits per heavy atom. The van der Waals surface area contributed by atoms with Crippen molar-refractivity contribution in [1.29, 1.82) is 0 Å². The topological polar surface area (TPSA) is 54.7 Å². The molecule has 12 heavy (non-hydrogen) atoms. The van der Waals surface area contributed by atoms with Gasteiger partial charge in [-0.15, -0.1) is 0 Å². The Balaban J connectivity index is 2.05. The molecular formula is C9H15N3. The summed E-state index contributed by atoms with van der Waals surface area (Å²) in [6, 6.07) is 0. The molecule has 1 heterocycles. The summed E-state index contributed by atoms with van der Waals surface area (Å²) in [5.41, 5.74) is 8.27. The van der Waals surface area contributed by atoms with Crippen molar-refractivity contribution >= 4 is 0 Å². The molecule has 0 radical (unpaired) electrons. The predicted molar refractivity (Wildman–Crippen MR) is 47.8 cm³/mol. The van der Waals surface area contributed by atoms with E-state index in [-0.39, 0.29) is 0 Å². The summed E-state index contributed by atoms with van der Waals surface area (Å²) in [5, 5.41) is 7.10. The van der Waals surface area contributed by atoms with Crippen LogP contribution in [-0.4, -0.2) is 16.7 Å². The maximum Gasteiger partial charge on any atom is 0.0522 e. The van der Waals surface area contributed by atoms with Crippen molar-refractivity contribution in [3.8, 4) is 0 Å². The Morgan fingerprint density at radius 1 is 1.67 bits per heavy atom. The van der Waals surface area contributed by atoms with Gasteiger partial charge in [-0.1, -0.05) is 0 Å². The van der Waals surface area contributed by atoms with Crippen LogP contribution >= 0.6 is 0 Å². The Bertz CT molecular complexity index is 254. The number of rotatable bonds is 2. The molecule has 1 aromatic rings. The van der Waals surface area contributed by atoms with Crippen molar-refractivity contribution in [1.82, 2.24) is 10.2 Å². The number of nitrogens with one attached hydrogen (secondary N) is 1. The highest BCUT2D eigenvalue weighted by Crippen LogP contribution is 2.25. The van der Waals surface area contributed by atoms with Gasteiger partial charge in [-0.3, -0.25) is 5.10 Å². The van der Waals surface area contributed by atoms with Gasteiger partial charge < -0.3 is 5.73 Å². The Hall–Kier alpha value is -0.830. The Morgan fingerprint density at radius 2 is 2.58 bits per heavy atom. The molecule has 1 aromatic heterocycles. The highest BCUT2D eigenvalue weighted by atomic mass is 15.1. The number of fused-ring (bicyclic) bond motifs is 1. The van der Waals surface area contributed by atoms with Crippen molar-refractivity contribution < 1.29 is 0 Å². The fourth-order valence-electron chi connectivity index (χ4n) is 1.96. The summed E-state index contributed by atoms with van der Waals surface area (Å²) in [6.45, 7) is 0.814. The van der Waals surface area contributed by atoms with Crippen LogP contribution in [0.1, 0.15) is 24.1 Å². The highest BCUT2D eigenvalue weighted by Gasteiger charge is 2.18. The van der Waals surface area contributed by atoms with Crippen LogP contribution in [0, 0.1) is 5.92 Å². The standard InChI is InChI=1S/C9H15N3/c10-4-3-7-1-2-8-6-11-12-9(8)5-7/h6-7H,1-5,10H2,(H,11,12). The van der Waals surface area contributed by atoms with E-state index in [0.29, 0.717) is 0 Å². The van der Waals surface area contributed by atoms with Crippen LogP contribution in [-0.2, 0) is 12.8 Å². The van der Waals surface area contributed by atoms with Crippen LogP contribution in [0.15, 0.2) is 6.20 Å². The SMILES string of the molecule is NCCC1CCc2cn[nH]c2C1. The fourth-order valence-corrected chi connectivity index (χ4v) is 1.96. The zero-order valence-corrected chi connectivity index (χ0v) is 7.21. The number of H-pyrrole nitrogens is 1. The molecule has 1 unspecified atom stereocenters. The van der Waals surface area contributed by atoms with Gasteiger partial charge >= 0.3 is 0 Å². The van der Waals surface area contributed by atoms with Crippen LogP contribution < -0.4 is 5.73 Å². The molecule has 0 aliphatic heterocycles. The predicted octanol–water partition coefficient (Wildman–Crippen LogP) is 0.863. The maximum atomic E-state index is 5.53. The molecule has 0 spiro atoms. The largest absolute Gasteiger partial charge is 0.330 e. The van der Waals surface area contributed by atoms with E-state index in [9.17, 15) is 0 Å². The lowest BCUT2D eigenvalue weighted by atomic mass is 9.86. The molecule has 1 aliphatic carbocycles. The van der Waals surface area contributed by atoms with Gasteiger partial charge in [0.1, 0.15) is 0 Å². The molecule has 0 saturated carbocycles. The summed E-state index contributed by atoms with van der Waals surface area (Å²) in [4.78, 5) is 0. The fraction of sp³-hybridized carbons (Fsp3) is 0.667. The number of aromatic amines is 1. The number of hydrogen-bond acceptors (Lipinski definition) is 2. The average molecular weight is 165 g/mol. The molecule has 2 rings (SSSR count). The third-order valence-electron chi connectivity index (χ3n) is 2.70. The van der Waals surface area contributed by atoms with Crippen molar-refractivity contribution in [3.63, 3.8) is 0 Å². The van der Waals surface area contributed by atoms with Crippen LogP contribution in [0.4, 0.5) is 0 Å². The van der Waals surface area contributed by atoms with Gasteiger partial charge in [0.2, 0.25) is 0 Å². The summed E-state index contributed by atoms with van der Waals surface area (Å²) in [7, 11) is 0. The molecule has 66 valence electrons. The number of aromatic nitrogens is 2. The number of nitrogens with zero attached hydrogens (tertiary/aromatic N) is 1. The molecule has 3 heteroatoms. The second-order valence-corrected chi connectivity index (χ2v) is 3.56. The van der Waals surface area contributed by atoms with Crippen LogP contribution in [0.3, 0.4) is 0 Å². The van der Waals surface area contributed by atoms with E-state index >= 15 is 0 Å². The molecule has 0 bridgehead atoms. The lowest BCUT2D eigenvalue weighted by Gasteiger charge is -2.20. The Kier molecular flexibility index (Phi) is 2.13. The van der Waals surface area contributed by atoms with Gasteiger partial charge in [0.15, 0.2) is 0 Å². The first-order chi connectivity index (χ1) is 5.90. The lowest BCUT2D eigenvalue weighted by molar-refractivity contribution is 0.429. The van der Waals surface area contributed by atoms with E-state index in [1.807, 2.05) is 6.20 Å². The van der Waals surface area contributed by atoms with E-state index in [0.717, 1.165) is 25.3 Å². The normalized spacial score (nSPS) is 22.2. The molecule has 1 atom stereocenters. The van der Waals surface area contributed by atoms with Crippen molar-refractivity contribution in [3.05, 3.63) is 17.5 Å². The first-order valence-electron chi connectivity index (χ1n) is 4.61. The molecule has 0 fully saturated rings. The minimum Gasteiger partial charge on any atom is -0.330 e. The lowest BCUT2D eigenvalue weighted by Crippen LogP contribution is -2.17.